The third-order valence-corrected chi connectivity index (χ3v) is 11.7. The van der Waals surface area contributed by atoms with Gasteiger partial charge in [-0.15, -0.1) is 0 Å². The predicted molar refractivity (Wildman–Crippen MR) is 245 cm³/mol. The molecule has 69 heavy (non-hydrogen) atoms. The highest BCUT2D eigenvalue weighted by Crippen LogP contribution is 2.26. The number of carboxylic acid groups (broad SMARTS) is 2. The summed E-state index contributed by atoms with van der Waals surface area (Å²) in [6.07, 6.45) is 0.463. The Morgan fingerprint density at radius 2 is 1.20 bits per heavy atom. The fourth-order valence-electron chi connectivity index (χ4n) is 7.79. The van der Waals surface area contributed by atoms with Gasteiger partial charge in [-0.1, -0.05) is 58.0 Å². The number of rotatable bonds is 25. The molecule has 2 saturated heterocycles. The second-order valence-corrected chi connectivity index (χ2v) is 18.1. The number of aliphatic carboxylic acids is 2. The summed E-state index contributed by atoms with van der Waals surface area (Å²) < 4.78 is 0. The smallest absolute Gasteiger partial charge is 0.328 e. The van der Waals surface area contributed by atoms with Gasteiger partial charge in [-0.2, -0.15) is 0 Å². The standard InChI is InChI=1S/C45H68N10O14/c1-23(2)18-28(52-42(65)36(46)24(3)4)39(62)51-30(20-35(58)59)40(63)50-29(19-27-12-8-7-9-13-27)38(61)49-26(6)43(66)55-17-11-15-33(55)44(67)54-16-10-14-32(54)41(64)47-21-34(57)48-25(5)37(60)53-31(22-56)45(68)69/h7-9,12-13,23-26,28-33,36,56H,10-11,14-22,46H2,1-6H3,(H,47,64)(H,48,57)(H,49,61)(H,50,63)(H,51,62)(H,52,65)(H,53,60)(H,58,59)(H,68,69)/t25-,26-,28-,29-,30-,31-,32-,33-,36-/m0/s1. The van der Waals surface area contributed by atoms with E-state index in [0.717, 1.165) is 0 Å². The average Bonchev–Trinajstić information content (AvgIpc) is 3.99. The highest BCUT2D eigenvalue weighted by molar-refractivity contribution is 5.99. The minimum Gasteiger partial charge on any atom is -0.481 e. The van der Waals surface area contributed by atoms with Gasteiger partial charge >= 0.3 is 11.9 Å². The van der Waals surface area contributed by atoms with E-state index in [1.54, 1.807) is 58.0 Å². The number of nitrogens with one attached hydrogen (secondary N) is 7. The number of benzene rings is 1. The van der Waals surface area contributed by atoms with Crippen LogP contribution in [0, 0.1) is 11.8 Å². The van der Waals surface area contributed by atoms with E-state index in [4.69, 9.17) is 15.9 Å². The molecule has 9 amide bonds. The highest BCUT2D eigenvalue weighted by Gasteiger charge is 2.43. The van der Waals surface area contributed by atoms with Crippen molar-refractivity contribution in [2.75, 3.05) is 26.2 Å². The third-order valence-electron chi connectivity index (χ3n) is 11.7. The minimum absolute atomic E-state index is 0.116. The number of carbonyl (C=O) groups is 11. The van der Waals surface area contributed by atoms with Gasteiger partial charge in [0.1, 0.15) is 48.3 Å². The predicted octanol–water partition coefficient (Wildman–Crippen LogP) is -3.14. The topological polar surface area (TPSA) is 365 Å². The Kier molecular flexibility index (Phi) is 22.0. The summed E-state index contributed by atoms with van der Waals surface area (Å²) in [7, 11) is 0. The molecule has 382 valence electrons. The first kappa shape index (κ1) is 56.6. The van der Waals surface area contributed by atoms with Crippen LogP contribution in [-0.4, -0.2) is 171 Å². The maximum absolute atomic E-state index is 14.0. The molecular formula is C45H68N10O14. The number of carboxylic acids is 2. The summed E-state index contributed by atoms with van der Waals surface area (Å²) in [5.41, 5.74) is 6.57. The lowest BCUT2D eigenvalue weighted by molar-refractivity contribution is -0.147. The van der Waals surface area contributed by atoms with Gasteiger partial charge in [0.15, 0.2) is 0 Å². The molecule has 0 aliphatic carbocycles. The molecule has 2 aliphatic rings. The van der Waals surface area contributed by atoms with E-state index in [-0.39, 0.29) is 50.6 Å². The summed E-state index contributed by atoms with van der Waals surface area (Å²) in [5.74, 6) is -10.1. The van der Waals surface area contributed by atoms with Crippen LogP contribution in [0.2, 0.25) is 0 Å². The first-order valence-electron chi connectivity index (χ1n) is 23.0. The van der Waals surface area contributed by atoms with Gasteiger partial charge in [0, 0.05) is 19.5 Å². The van der Waals surface area contributed by atoms with Gasteiger partial charge in [-0.05, 0) is 63.4 Å². The molecule has 0 spiro atoms. The molecule has 2 aliphatic heterocycles. The summed E-state index contributed by atoms with van der Waals surface area (Å²) in [4.78, 5) is 146. The van der Waals surface area contributed by atoms with E-state index in [0.29, 0.717) is 18.4 Å². The summed E-state index contributed by atoms with van der Waals surface area (Å²) in [6, 6.07) is -2.82. The molecule has 2 fully saturated rings. The van der Waals surface area contributed by atoms with Crippen LogP contribution in [0.15, 0.2) is 30.3 Å². The van der Waals surface area contributed by atoms with Crippen molar-refractivity contribution in [2.24, 2.45) is 17.6 Å². The zero-order valence-electron chi connectivity index (χ0n) is 39.8. The van der Waals surface area contributed by atoms with E-state index in [1.165, 1.54) is 23.6 Å². The lowest BCUT2D eigenvalue weighted by Crippen LogP contribution is -2.60. The van der Waals surface area contributed by atoms with Crippen molar-refractivity contribution in [3.63, 3.8) is 0 Å². The van der Waals surface area contributed by atoms with Crippen molar-refractivity contribution in [1.29, 1.82) is 0 Å². The van der Waals surface area contributed by atoms with Gasteiger partial charge in [0.05, 0.1) is 25.6 Å². The molecule has 0 unspecified atom stereocenters. The van der Waals surface area contributed by atoms with Crippen molar-refractivity contribution in [3.8, 4) is 0 Å². The van der Waals surface area contributed by atoms with Gasteiger partial charge < -0.3 is 68.1 Å². The number of carbonyl (C=O) groups excluding carboxylic acids is 9. The maximum Gasteiger partial charge on any atom is 0.328 e. The Bertz CT molecular complexity index is 2040. The molecule has 0 radical (unpaired) electrons. The van der Waals surface area contributed by atoms with Crippen molar-refractivity contribution in [3.05, 3.63) is 35.9 Å². The number of amides is 9. The SMILES string of the molecule is CC(C)C[C@H](NC(=O)[C@@H](N)C(C)C)C(=O)N[C@@H](CC(=O)O)C(=O)N[C@@H](Cc1ccccc1)C(=O)N[C@@H](C)C(=O)N1CCC[C@H]1C(=O)N1CCC[C@H]1C(=O)NCC(=O)N[C@@H](C)C(=O)N[C@@H](CO)C(=O)O. The number of aliphatic hydroxyl groups is 1. The molecule has 0 aromatic heterocycles. The molecule has 2 heterocycles. The van der Waals surface area contributed by atoms with E-state index in [1.807, 2.05) is 0 Å². The molecule has 12 N–H and O–H groups in total. The molecular weight excluding hydrogens is 905 g/mol. The van der Waals surface area contributed by atoms with Crippen LogP contribution in [0.25, 0.3) is 0 Å². The highest BCUT2D eigenvalue weighted by atomic mass is 16.4. The zero-order chi connectivity index (χ0) is 51.7. The fraction of sp³-hybridized carbons (Fsp3) is 0.622. The van der Waals surface area contributed by atoms with Crippen LogP contribution < -0.4 is 43.0 Å². The summed E-state index contributed by atoms with van der Waals surface area (Å²) >= 11 is 0. The molecule has 0 bridgehead atoms. The Morgan fingerprint density at radius 1 is 0.652 bits per heavy atom. The monoisotopic (exact) mass is 972 g/mol. The summed E-state index contributed by atoms with van der Waals surface area (Å²) in [6.45, 7) is 8.56. The lowest BCUT2D eigenvalue weighted by atomic mass is 10.00. The molecule has 9 atom stereocenters. The fourth-order valence-corrected chi connectivity index (χ4v) is 7.79. The Labute approximate surface area is 400 Å². The van der Waals surface area contributed by atoms with E-state index in [9.17, 15) is 57.8 Å². The quantitative estimate of drug-likeness (QED) is 0.0461. The molecule has 1 aromatic rings. The van der Waals surface area contributed by atoms with Crippen molar-refractivity contribution in [2.45, 2.75) is 141 Å². The maximum atomic E-state index is 14.0. The largest absolute Gasteiger partial charge is 0.481 e. The van der Waals surface area contributed by atoms with Crippen molar-refractivity contribution >= 4 is 65.1 Å². The minimum atomic E-state index is -1.70. The Balaban J connectivity index is 1.71. The Morgan fingerprint density at radius 3 is 1.78 bits per heavy atom. The number of likely N-dealkylation sites (tertiary alicyclic amines) is 2. The van der Waals surface area contributed by atoms with Crippen LogP contribution in [0.4, 0.5) is 0 Å². The molecule has 0 saturated carbocycles. The average molecular weight is 973 g/mol. The number of aliphatic hydroxyl groups excluding tert-OH is 1. The first-order valence-corrected chi connectivity index (χ1v) is 23.0. The third kappa shape index (κ3) is 17.1. The zero-order valence-corrected chi connectivity index (χ0v) is 39.8. The molecule has 24 heteroatoms. The number of hydrogen-bond acceptors (Lipinski definition) is 13. The van der Waals surface area contributed by atoms with E-state index >= 15 is 0 Å². The van der Waals surface area contributed by atoms with Crippen LogP contribution >= 0.6 is 0 Å². The molecule has 1 aromatic carbocycles. The number of hydrogen-bond donors (Lipinski definition) is 11. The summed E-state index contributed by atoms with van der Waals surface area (Å²) in [5, 5.41) is 44.9. The second kappa shape index (κ2) is 26.7. The van der Waals surface area contributed by atoms with Crippen LogP contribution in [0.5, 0.6) is 0 Å². The van der Waals surface area contributed by atoms with Crippen LogP contribution in [-0.2, 0) is 59.2 Å². The number of nitrogens with zero attached hydrogens (tertiary/aromatic N) is 2. The van der Waals surface area contributed by atoms with Crippen molar-refractivity contribution < 1.29 is 68.1 Å². The Hall–Kier alpha value is -6.69. The molecule has 24 nitrogen and oxygen atoms in total. The van der Waals surface area contributed by atoms with Gasteiger partial charge in [-0.25, -0.2) is 4.79 Å². The normalized spacial score (nSPS) is 18.6. The number of nitrogens with two attached hydrogens (primary N) is 1. The second-order valence-electron chi connectivity index (χ2n) is 18.1. The molecule has 3 rings (SSSR count). The van der Waals surface area contributed by atoms with Crippen molar-refractivity contribution in [1.82, 2.24) is 47.0 Å². The van der Waals surface area contributed by atoms with Crippen LogP contribution in [0.3, 0.4) is 0 Å². The van der Waals surface area contributed by atoms with Crippen LogP contribution in [0.1, 0.15) is 85.6 Å². The van der Waals surface area contributed by atoms with Gasteiger partial charge in [-0.3, -0.25) is 47.9 Å². The lowest BCUT2D eigenvalue weighted by Gasteiger charge is -2.32. The van der Waals surface area contributed by atoms with Gasteiger partial charge in [0.25, 0.3) is 0 Å². The van der Waals surface area contributed by atoms with E-state index in [2.05, 4.69) is 37.2 Å². The van der Waals surface area contributed by atoms with E-state index < -0.39 is 139 Å². The first-order chi connectivity index (χ1) is 32.4. The van der Waals surface area contributed by atoms with Gasteiger partial charge in [0.2, 0.25) is 53.2 Å².